The van der Waals surface area contributed by atoms with Crippen molar-refractivity contribution < 1.29 is 9.53 Å². The maximum absolute atomic E-state index is 11.7. The van der Waals surface area contributed by atoms with Crippen LogP contribution in [0.2, 0.25) is 0 Å². The Morgan fingerprint density at radius 1 is 1.60 bits per heavy atom. The van der Waals surface area contributed by atoms with E-state index in [1.165, 1.54) is 0 Å². The van der Waals surface area contributed by atoms with Gasteiger partial charge in [-0.05, 0) is 33.5 Å². The molecule has 3 N–H and O–H groups in total. The maximum atomic E-state index is 11.7. The molecular weight excluding hydrogens is 194 g/mol. The molecule has 0 aliphatic carbocycles. The van der Waals surface area contributed by atoms with Crippen LogP contribution in [0.1, 0.15) is 12.8 Å². The highest BCUT2D eigenvalue weighted by molar-refractivity contribution is 5.86. The van der Waals surface area contributed by atoms with Crippen molar-refractivity contribution in [1.29, 1.82) is 0 Å². The first-order valence-corrected chi connectivity index (χ1v) is 5.34. The number of hydrogen-bond acceptors (Lipinski definition) is 4. The number of rotatable bonds is 5. The van der Waals surface area contributed by atoms with Crippen LogP contribution in [0.25, 0.3) is 0 Å². The van der Waals surface area contributed by atoms with Crippen molar-refractivity contribution in [2.24, 2.45) is 5.73 Å². The number of hydrogen-bond donors (Lipinski definition) is 2. The second-order valence-electron chi connectivity index (χ2n) is 4.37. The second kappa shape index (κ2) is 5.44. The van der Waals surface area contributed by atoms with E-state index in [2.05, 4.69) is 10.2 Å². The molecule has 5 heteroatoms. The van der Waals surface area contributed by atoms with Crippen LogP contribution in [0, 0.1) is 0 Å². The zero-order valence-corrected chi connectivity index (χ0v) is 9.58. The highest BCUT2D eigenvalue weighted by atomic mass is 16.5. The lowest BCUT2D eigenvalue weighted by atomic mass is 9.99. The van der Waals surface area contributed by atoms with Gasteiger partial charge in [-0.1, -0.05) is 0 Å². The van der Waals surface area contributed by atoms with Crippen LogP contribution < -0.4 is 11.1 Å². The van der Waals surface area contributed by atoms with E-state index in [4.69, 9.17) is 10.5 Å². The van der Waals surface area contributed by atoms with Gasteiger partial charge in [0.2, 0.25) is 5.91 Å². The van der Waals surface area contributed by atoms with Crippen LogP contribution in [0.5, 0.6) is 0 Å². The summed E-state index contributed by atoms with van der Waals surface area (Å²) in [5.41, 5.74) is 5.10. The normalized spacial score (nSPS) is 25.9. The predicted octanol–water partition coefficient (Wildman–Crippen LogP) is -0.828. The Bertz CT molecular complexity index is 213. The molecule has 1 aliphatic rings. The first-order chi connectivity index (χ1) is 7.04. The Balaban J connectivity index is 2.18. The highest BCUT2D eigenvalue weighted by Crippen LogP contribution is 2.15. The van der Waals surface area contributed by atoms with Crippen molar-refractivity contribution >= 4 is 5.91 Å². The Morgan fingerprint density at radius 3 is 2.87 bits per heavy atom. The fourth-order valence-corrected chi connectivity index (χ4v) is 1.53. The number of nitrogens with zero attached hydrogens (tertiary/aromatic N) is 1. The van der Waals surface area contributed by atoms with Crippen LogP contribution in [-0.2, 0) is 9.53 Å². The van der Waals surface area contributed by atoms with Gasteiger partial charge in [-0.2, -0.15) is 0 Å². The Kier molecular flexibility index (Phi) is 4.50. The van der Waals surface area contributed by atoms with Gasteiger partial charge >= 0.3 is 0 Å². The molecule has 1 heterocycles. The van der Waals surface area contributed by atoms with Gasteiger partial charge < -0.3 is 20.7 Å². The molecule has 1 atom stereocenters. The van der Waals surface area contributed by atoms with Gasteiger partial charge in [-0.25, -0.2) is 0 Å². The minimum Gasteiger partial charge on any atom is -0.379 e. The van der Waals surface area contributed by atoms with Gasteiger partial charge in [0.1, 0.15) is 5.54 Å². The molecule has 0 bridgehead atoms. The van der Waals surface area contributed by atoms with Crippen molar-refractivity contribution in [2.75, 3.05) is 40.4 Å². The number of nitrogens with one attached hydrogen (secondary N) is 1. The van der Waals surface area contributed by atoms with E-state index in [1.54, 1.807) is 0 Å². The summed E-state index contributed by atoms with van der Waals surface area (Å²) in [6.45, 7) is 2.57. The van der Waals surface area contributed by atoms with Crippen molar-refractivity contribution in [1.82, 2.24) is 10.2 Å². The lowest BCUT2D eigenvalue weighted by molar-refractivity contribution is -0.126. The molecule has 1 unspecified atom stereocenters. The summed E-state index contributed by atoms with van der Waals surface area (Å²) in [4.78, 5) is 13.8. The fourth-order valence-electron chi connectivity index (χ4n) is 1.53. The van der Waals surface area contributed by atoms with Crippen molar-refractivity contribution in [3.05, 3.63) is 0 Å². The Hall–Kier alpha value is -0.650. The molecule has 0 spiro atoms. The lowest BCUT2D eigenvalue weighted by Crippen LogP contribution is -2.54. The van der Waals surface area contributed by atoms with Crippen LogP contribution in [-0.4, -0.2) is 56.7 Å². The maximum Gasteiger partial charge on any atom is 0.242 e. The molecule has 1 saturated heterocycles. The number of nitrogens with two attached hydrogens (primary N) is 1. The molecule has 0 radical (unpaired) electrons. The lowest BCUT2D eigenvalue weighted by Gasteiger charge is -2.20. The smallest absolute Gasteiger partial charge is 0.242 e. The van der Waals surface area contributed by atoms with Gasteiger partial charge in [-0.15, -0.1) is 0 Å². The summed E-state index contributed by atoms with van der Waals surface area (Å²) < 4.78 is 5.13. The van der Waals surface area contributed by atoms with E-state index < -0.39 is 5.54 Å². The van der Waals surface area contributed by atoms with Crippen LogP contribution >= 0.6 is 0 Å². The first-order valence-electron chi connectivity index (χ1n) is 5.34. The molecule has 0 aromatic carbocycles. The molecule has 0 aromatic rings. The number of carbonyl (C=O) groups excluding carboxylic acids is 1. The van der Waals surface area contributed by atoms with Crippen LogP contribution in [0.15, 0.2) is 0 Å². The second-order valence-corrected chi connectivity index (χ2v) is 4.37. The standard InChI is InChI=1S/C10H21N3O2/c1-13(2)6-3-5-12-9(14)10(11)4-7-15-8-10/h3-8,11H2,1-2H3,(H,12,14). The topological polar surface area (TPSA) is 67.6 Å². The first kappa shape index (κ1) is 12.4. The SMILES string of the molecule is CN(C)CCCNC(=O)C1(N)CCOC1. The summed E-state index contributed by atoms with van der Waals surface area (Å²) in [5.74, 6) is -0.0845. The zero-order chi connectivity index (χ0) is 11.3. The van der Waals surface area contributed by atoms with Gasteiger partial charge in [0.15, 0.2) is 0 Å². The average Bonchev–Trinajstić information content (AvgIpc) is 2.60. The van der Waals surface area contributed by atoms with E-state index in [9.17, 15) is 4.79 Å². The van der Waals surface area contributed by atoms with Crippen molar-refractivity contribution in [2.45, 2.75) is 18.4 Å². The number of carbonyl (C=O) groups is 1. The monoisotopic (exact) mass is 215 g/mol. The van der Waals surface area contributed by atoms with Gasteiger partial charge in [0, 0.05) is 13.2 Å². The van der Waals surface area contributed by atoms with Crippen LogP contribution in [0.3, 0.4) is 0 Å². The zero-order valence-electron chi connectivity index (χ0n) is 9.58. The summed E-state index contributed by atoms with van der Waals surface area (Å²) in [6.07, 6.45) is 1.56. The molecule has 88 valence electrons. The third-order valence-electron chi connectivity index (χ3n) is 2.57. The Labute approximate surface area is 90.9 Å². The van der Waals surface area contributed by atoms with E-state index in [0.717, 1.165) is 13.0 Å². The quantitative estimate of drug-likeness (QED) is 0.588. The van der Waals surface area contributed by atoms with E-state index >= 15 is 0 Å². The minimum absolute atomic E-state index is 0.0845. The minimum atomic E-state index is -0.794. The highest BCUT2D eigenvalue weighted by Gasteiger charge is 2.37. The molecule has 15 heavy (non-hydrogen) atoms. The molecule has 5 nitrogen and oxygen atoms in total. The van der Waals surface area contributed by atoms with E-state index in [-0.39, 0.29) is 5.91 Å². The summed E-state index contributed by atoms with van der Waals surface area (Å²) in [5, 5.41) is 2.85. The number of ether oxygens (including phenoxy) is 1. The number of amides is 1. The third kappa shape index (κ3) is 3.77. The molecular formula is C10H21N3O2. The summed E-state index contributed by atoms with van der Waals surface area (Å²) in [7, 11) is 4.02. The van der Waals surface area contributed by atoms with E-state index in [1.807, 2.05) is 14.1 Å². The molecule has 1 aliphatic heterocycles. The van der Waals surface area contributed by atoms with Gasteiger partial charge in [0.05, 0.1) is 6.61 Å². The van der Waals surface area contributed by atoms with Crippen LogP contribution in [0.4, 0.5) is 0 Å². The molecule has 0 saturated carbocycles. The third-order valence-corrected chi connectivity index (χ3v) is 2.57. The predicted molar refractivity (Wildman–Crippen MR) is 58.5 cm³/mol. The van der Waals surface area contributed by atoms with Crippen molar-refractivity contribution in [3.8, 4) is 0 Å². The molecule has 1 fully saturated rings. The van der Waals surface area contributed by atoms with Gasteiger partial charge in [0.25, 0.3) is 0 Å². The van der Waals surface area contributed by atoms with E-state index in [0.29, 0.717) is 26.2 Å². The average molecular weight is 215 g/mol. The fraction of sp³-hybridized carbons (Fsp3) is 0.900. The molecule has 1 amide bonds. The largest absolute Gasteiger partial charge is 0.379 e. The van der Waals surface area contributed by atoms with Crippen molar-refractivity contribution in [3.63, 3.8) is 0 Å². The summed E-state index contributed by atoms with van der Waals surface area (Å²) >= 11 is 0. The molecule has 1 rings (SSSR count). The molecule has 0 aromatic heterocycles. The summed E-state index contributed by atoms with van der Waals surface area (Å²) in [6, 6.07) is 0. The van der Waals surface area contributed by atoms with Gasteiger partial charge in [-0.3, -0.25) is 4.79 Å². The Morgan fingerprint density at radius 2 is 2.33 bits per heavy atom.